The molecule has 2 fully saturated rings. The van der Waals surface area contributed by atoms with E-state index in [4.69, 9.17) is 10.6 Å². The van der Waals surface area contributed by atoms with E-state index in [2.05, 4.69) is 26.1 Å². The van der Waals surface area contributed by atoms with Gasteiger partial charge >= 0.3 is 16.3 Å². The average Bonchev–Trinajstić information content (AvgIpc) is 3.48. The molecule has 3 heterocycles. The number of aliphatic carboxylic acids is 1. The number of carbonyl (C=O) groups excluding carboxylic acids is 4. The maximum Gasteiger partial charge on any atom is 0.362 e. The number of aromatic nitrogens is 2. The van der Waals surface area contributed by atoms with Crippen LogP contribution in [0.2, 0.25) is 0 Å². The van der Waals surface area contributed by atoms with E-state index >= 15 is 0 Å². The number of aromatic hydroxyl groups is 1. The maximum atomic E-state index is 13.4. The fraction of sp³-hybridized carbons (Fsp3) is 0.286. The summed E-state index contributed by atoms with van der Waals surface area (Å²) >= 11 is 0.911. The molecule has 0 spiro atoms. The number of thiazole rings is 1. The molecule has 1 saturated carbocycles. The number of rotatable bonds is 13. The van der Waals surface area contributed by atoms with Gasteiger partial charge in [-0.25, -0.2) is 14.1 Å². The van der Waals surface area contributed by atoms with Crippen molar-refractivity contribution in [3.63, 3.8) is 0 Å². The molecule has 1 saturated heterocycles. The van der Waals surface area contributed by atoms with Crippen LogP contribution in [0.4, 0.5) is 5.13 Å². The number of nitrogen functional groups attached to an aromatic ring is 1. The second-order valence-electron chi connectivity index (χ2n) is 11.2. The van der Waals surface area contributed by atoms with Crippen LogP contribution >= 0.6 is 11.3 Å². The van der Waals surface area contributed by atoms with E-state index in [0.29, 0.717) is 11.2 Å². The van der Waals surface area contributed by atoms with Crippen molar-refractivity contribution in [2.75, 3.05) is 12.3 Å². The second kappa shape index (κ2) is 14.0. The zero-order valence-electron chi connectivity index (χ0n) is 25.9. The second-order valence-corrected chi connectivity index (χ2v) is 13.4. The third-order valence-corrected chi connectivity index (χ3v) is 9.55. The van der Waals surface area contributed by atoms with E-state index in [-0.39, 0.29) is 51.3 Å². The number of amides is 4. The summed E-state index contributed by atoms with van der Waals surface area (Å²) in [4.78, 5) is 84.5. The van der Waals surface area contributed by atoms with Crippen LogP contribution in [0.1, 0.15) is 51.4 Å². The Hall–Kier alpha value is -6.07. The van der Waals surface area contributed by atoms with Crippen LogP contribution in [0.15, 0.2) is 51.9 Å². The zero-order valence-corrected chi connectivity index (χ0v) is 27.5. The number of carboxylic acid groups (broad SMARTS) is 1. The van der Waals surface area contributed by atoms with E-state index in [1.54, 1.807) is 0 Å². The number of benzene rings is 1. The Balaban J connectivity index is 1.28. The number of nitrogens with one attached hydrogen (secondary N) is 3. The van der Waals surface area contributed by atoms with Crippen molar-refractivity contribution < 1.29 is 57.2 Å². The molecule has 1 aliphatic carbocycles. The molecular weight excluding hydrogens is 720 g/mol. The van der Waals surface area contributed by atoms with Gasteiger partial charge in [0.15, 0.2) is 16.6 Å². The highest BCUT2D eigenvalue weighted by molar-refractivity contribution is 7.84. The molecule has 1 aliphatic heterocycles. The van der Waals surface area contributed by atoms with Gasteiger partial charge in [-0.1, -0.05) is 11.2 Å². The fourth-order valence-corrected chi connectivity index (χ4v) is 6.43. The van der Waals surface area contributed by atoms with Crippen molar-refractivity contribution in [3.05, 3.63) is 74.6 Å². The van der Waals surface area contributed by atoms with Crippen molar-refractivity contribution in [3.8, 4) is 5.75 Å². The lowest BCUT2D eigenvalue weighted by molar-refractivity contribution is -0.178. The van der Waals surface area contributed by atoms with Gasteiger partial charge in [-0.2, -0.15) is 13.1 Å². The molecule has 0 radical (unpaired) electrons. The summed E-state index contributed by atoms with van der Waals surface area (Å²) in [5.41, 5.74) is 2.24. The molecule has 2 aliphatic rings. The molecule has 21 nitrogen and oxygen atoms in total. The van der Waals surface area contributed by atoms with Crippen LogP contribution in [0.3, 0.4) is 0 Å². The van der Waals surface area contributed by atoms with Gasteiger partial charge in [0, 0.05) is 42.0 Å². The number of nitrogens with zero attached hydrogens (tertiary/aromatic N) is 4. The summed E-state index contributed by atoms with van der Waals surface area (Å²) in [5, 5.41) is 40.9. The van der Waals surface area contributed by atoms with Gasteiger partial charge in [-0.3, -0.25) is 28.5 Å². The minimum absolute atomic E-state index is 0.00924. The maximum absolute atomic E-state index is 13.4. The Morgan fingerprint density at radius 2 is 1.78 bits per heavy atom. The zero-order chi connectivity index (χ0) is 37.2. The van der Waals surface area contributed by atoms with Crippen molar-refractivity contribution in [1.29, 1.82) is 0 Å². The molecular formula is C28H28N8O13S2. The molecule has 2 atom stereocenters. The lowest BCUT2D eigenvalue weighted by atomic mass is 9.80. The Kier molecular flexibility index (Phi) is 9.97. The average molecular weight is 749 g/mol. The van der Waals surface area contributed by atoms with Crippen LogP contribution in [-0.4, -0.2) is 102 Å². The number of anilines is 1. The molecule has 5 rings (SSSR count). The van der Waals surface area contributed by atoms with Crippen LogP contribution in [0.5, 0.6) is 5.75 Å². The normalized spacial score (nSPS) is 18.2. The summed E-state index contributed by atoms with van der Waals surface area (Å²) < 4.78 is 34.2. The monoisotopic (exact) mass is 748 g/mol. The van der Waals surface area contributed by atoms with Gasteiger partial charge in [0.25, 0.3) is 23.6 Å². The molecule has 270 valence electrons. The number of hydrogen-bond acceptors (Lipinski definition) is 15. The lowest BCUT2D eigenvalue weighted by Gasteiger charge is -2.44. The number of carbonyl (C=O) groups is 5. The molecule has 23 heteroatoms. The SMILES string of the molecule is Nc1nc(C(=NOC2(C(=O)O)CCC2)C(=O)N[C@@H]2C(=O)N(S(=O)(=O)O)[C@@H]2CNC(=O)c2cccc(C(=O)NCc3cc(=O)c(O)cn3O)c2)cs1. The standard InChI is InChI=1S/C28H28N8O13S2/c29-27-32-16(12-50-27)20(34-49-28(26(43)44)5-2-6-28)24(41)33-21-17(36(25(21)42)51(46,47)48)10-31-23(40)14-4-1-3-13(7-14)22(39)30-9-15-8-18(37)19(38)11-35(15)45/h1,3-4,7-8,11-12,17,21,38,45H,2,5-6,9-10H2,(H2,29,32)(H,30,39)(H,31,40)(H,33,41)(H,43,44)(H,46,47,48)/t17-,21+/m1/s1. The number of hydrogen-bond donors (Lipinski definition) is 8. The topological polar surface area (TPSA) is 322 Å². The number of carboxylic acids is 1. The largest absolute Gasteiger partial charge is 0.503 e. The first-order valence-corrected chi connectivity index (χ1v) is 16.9. The molecule has 3 aromatic rings. The van der Waals surface area contributed by atoms with Gasteiger partial charge in [0.1, 0.15) is 11.7 Å². The first-order valence-electron chi connectivity index (χ1n) is 14.6. The summed E-state index contributed by atoms with van der Waals surface area (Å²) in [5.74, 6) is -6.04. The molecule has 2 aromatic heterocycles. The van der Waals surface area contributed by atoms with Crippen molar-refractivity contribution in [2.45, 2.75) is 43.5 Å². The fourth-order valence-electron chi connectivity index (χ4n) is 5.01. The summed E-state index contributed by atoms with van der Waals surface area (Å²) in [6.07, 6.45) is 1.48. The van der Waals surface area contributed by atoms with E-state index < -0.39 is 81.0 Å². The van der Waals surface area contributed by atoms with E-state index in [0.717, 1.165) is 29.7 Å². The van der Waals surface area contributed by atoms with E-state index in [9.17, 15) is 57.2 Å². The molecule has 51 heavy (non-hydrogen) atoms. The quantitative estimate of drug-likeness (QED) is 0.0321. The Bertz CT molecular complexity index is 2130. The van der Waals surface area contributed by atoms with Gasteiger partial charge < -0.3 is 41.9 Å². The van der Waals surface area contributed by atoms with Gasteiger partial charge in [-0.15, -0.1) is 11.3 Å². The highest BCUT2D eigenvalue weighted by Crippen LogP contribution is 2.36. The number of oxime groups is 1. The Morgan fingerprint density at radius 1 is 1.12 bits per heavy atom. The Morgan fingerprint density at radius 3 is 2.35 bits per heavy atom. The summed E-state index contributed by atoms with van der Waals surface area (Å²) in [6, 6.07) is 2.83. The van der Waals surface area contributed by atoms with Crippen LogP contribution in [0, 0.1) is 0 Å². The Labute approximate surface area is 290 Å². The lowest BCUT2D eigenvalue weighted by Crippen LogP contribution is -2.74. The highest BCUT2D eigenvalue weighted by Gasteiger charge is 2.54. The van der Waals surface area contributed by atoms with Gasteiger partial charge in [-0.05, 0) is 24.6 Å². The minimum Gasteiger partial charge on any atom is -0.503 e. The van der Waals surface area contributed by atoms with Gasteiger partial charge in [0.2, 0.25) is 11.0 Å². The van der Waals surface area contributed by atoms with Gasteiger partial charge in [0.05, 0.1) is 24.5 Å². The highest BCUT2D eigenvalue weighted by atomic mass is 32.2. The van der Waals surface area contributed by atoms with Crippen molar-refractivity contribution in [2.24, 2.45) is 5.16 Å². The number of β-lactam (4-membered cyclic amide) rings is 1. The van der Waals surface area contributed by atoms with Crippen LogP contribution in [0.25, 0.3) is 0 Å². The number of pyridine rings is 1. The number of nitrogens with two attached hydrogens (primary N) is 1. The first kappa shape index (κ1) is 36.2. The third kappa shape index (κ3) is 7.58. The minimum atomic E-state index is -5.18. The van der Waals surface area contributed by atoms with Crippen molar-refractivity contribution >= 4 is 62.1 Å². The van der Waals surface area contributed by atoms with E-state index in [1.807, 2.05) is 0 Å². The molecule has 9 N–H and O–H groups in total. The van der Waals surface area contributed by atoms with E-state index in [1.165, 1.54) is 23.6 Å². The molecule has 0 unspecified atom stereocenters. The van der Waals surface area contributed by atoms with Crippen LogP contribution in [-0.2, 0) is 36.1 Å². The predicted molar refractivity (Wildman–Crippen MR) is 172 cm³/mol. The first-order chi connectivity index (χ1) is 24.0. The predicted octanol–water partition coefficient (Wildman–Crippen LogP) is -1.58. The van der Waals surface area contributed by atoms with Crippen LogP contribution < -0.4 is 27.1 Å². The third-order valence-electron chi connectivity index (χ3n) is 7.92. The summed E-state index contributed by atoms with van der Waals surface area (Å²) in [6.45, 7) is -0.986. The molecule has 1 aromatic carbocycles. The summed E-state index contributed by atoms with van der Waals surface area (Å²) in [7, 11) is -5.18. The smallest absolute Gasteiger partial charge is 0.362 e. The van der Waals surface area contributed by atoms with Crippen molar-refractivity contribution in [1.82, 2.24) is 30.0 Å². The molecule has 0 bridgehead atoms. The molecule has 4 amide bonds.